The van der Waals surface area contributed by atoms with Gasteiger partial charge in [-0.1, -0.05) is 15.9 Å². The molecule has 0 fully saturated rings. The molecule has 0 aliphatic rings. The Hall–Kier alpha value is -1.20. The summed E-state index contributed by atoms with van der Waals surface area (Å²) in [7, 11) is 3.21. The molecular formula is C14H12Br2O3. The molecule has 0 aliphatic heterocycles. The van der Waals surface area contributed by atoms with E-state index in [4.69, 9.17) is 14.2 Å². The average molecular weight is 388 g/mol. The molecule has 100 valence electrons. The Kier molecular flexibility index (Phi) is 4.71. The fourth-order valence-electron chi connectivity index (χ4n) is 1.53. The van der Waals surface area contributed by atoms with Crippen LogP contribution in [0.1, 0.15) is 0 Å². The van der Waals surface area contributed by atoms with Gasteiger partial charge < -0.3 is 14.2 Å². The first-order chi connectivity index (χ1) is 9.12. The van der Waals surface area contributed by atoms with Gasteiger partial charge in [0.25, 0.3) is 0 Å². The molecular weight excluding hydrogens is 376 g/mol. The predicted octanol–water partition coefficient (Wildman–Crippen LogP) is 5.02. The third kappa shape index (κ3) is 3.64. The summed E-state index contributed by atoms with van der Waals surface area (Å²) in [6, 6.07) is 11.1. The van der Waals surface area contributed by atoms with Crippen molar-refractivity contribution in [2.24, 2.45) is 0 Å². The molecule has 2 aromatic carbocycles. The van der Waals surface area contributed by atoms with Crippen molar-refractivity contribution in [1.82, 2.24) is 0 Å². The smallest absolute Gasteiger partial charge is 0.141 e. The Bertz CT molecular complexity index is 563. The van der Waals surface area contributed by atoms with Gasteiger partial charge in [0, 0.05) is 22.7 Å². The lowest BCUT2D eigenvalue weighted by atomic mass is 10.3. The van der Waals surface area contributed by atoms with E-state index in [1.165, 1.54) is 0 Å². The highest BCUT2D eigenvalue weighted by atomic mass is 79.9. The van der Waals surface area contributed by atoms with Crippen LogP contribution < -0.4 is 14.2 Å². The van der Waals surface area contributed by atoms with E-state index in [2.05, 4.69) is 31.9 Å². The molecule has 0 saturated carbocycles. The van der Waals surface area contributed by atoms with Gasteiger partial charge in [-0.3, -0.25) is 0 Å². The second-order valence-corrected chi connectivity index (χ2v) is 5.50. The first-order valence-corrected chi connectivity index (χ1v) is 7.07. The van der Waals surface area contributed by atoms with Crippen molar-refractivity contribution in [1.29, 1.82) is 0 Å². The normalized spacial score (nSPS) is 10.1. The van der Waals surface area contributed by atoms with E-state index < -0.39 is 0 Å². The molecule has 2 aromatic rings. The molecule has 0 unspecified atom stereocenters. The molecule has 0 aromatic heterocycles. The number of hydrogen-bond acceptors (Lipinski definition) is 3. The fraction of sp³-hybridized carbons (Fsp3) is 0.143. The predicted molar refractivity (Wildman–Crippen MR) is 81.5 cm³/mol. The molecule has 0 heterocycles. The first kappa shape index (κ1) is 14.2. The van der Waals surface area contributed by atoms with Crippen LogP contribution in [0.5, 0.6) is 23.0 Å². The minimum absolute atomic E-state index is 0.652. The van der Waals surface area contributed by atoms with Crippen molar-refractivity contribution in [2.75, 3.05) is 14.2 Å². The summed E-state index contributed by atoms with van der Waals surface area (Å²) in [5.41, 5.74) is 0. The number of benzene rings is 2. The third-order valence-corrected chi connectivity index (χ3v) is 3.56. The van der Waals surface area contributed by atoms with Gasteiger partial charge in [0.1, 0.15) is 23.0 Å². The average Bonchev–Trinajstić information content (AvgIpc) is 2.41. The summed E-state index contributed by atoms with van der Waals surface area (Å²) in [6.45, 7) is 0. The first-order valence-electron chi connectivity index (χ1n) is 5.48. The van der Waals surface area contributed by atoms with E-state index in [-0.39, 0.29) is 0 Å². The van der Waals surface area contributed by atoms with Gasteiger partial charge in [-0.15, -0.1) is 0 Å². The SMILES string of the molecule is COc1cc(OC)cc(Oc2ccc(Br)cc2Br)c1. The second-order valence-electron chi connectivity index (χ2n) is 3.73. The fourth-order valence-corrected chi connectivity index (χ4v) is 2.65. The Balaban J connectivity index is 2.31. The van der Waals surface area contributed by atoms with Crippen LogP contribution in [0.15, 0.2) is 45.3 Å². The van der Waals surface area contributed by atoms with Gasteiger partial charge in [0.15, 0.2) is 0 Å². The van der Waals surface area contributed by atoms with Gasteiger partial charge in [0.2, 0.25) is 0 Å². The zero-order valence-corrected chi connectivity index (χ0v) is 13.6. The maximum atomic E-state index is 5.82. The molecule has 0 radical (unpaired) electrons. The minimum atomic E-state index is 0.652. The number of hydrogen-bond donors (Lipinski definition) is 0. The Labute approximate surface area is 128 Å². The zero-order valence-electron chi connectivity index (χ0n) is 10.4. The second kappa shape index (κ2) is 6.30. The van der Waals surface area contributed by atoms with Crippen molar-refractivity contribution >= 4 is 31.9 Å². The number of methoxy groups -OCH3 is 2. The van der Waals surface area contributed by atoms with Gasteiger partial charge >= 0.3 is 0 Å². The lowest BCUT2D eigenvalue weighted by Crippen LogP contribution is -1.90. The van der Waals surface area contributed by atoms with E-state index in [0.717, 1.165) is 14.7 Å². The molecule has 2 rings (SSSR count). The lowest BCUT2D eigenvalue weighted by molar-refractivity contribution is 0.386. The molecule has 19 heavy (non-hydrogen) atoms. The quantitative estimate of drug-likeness (QED) is 0.736. The molecule has 0 bridgehead atoms. The number of halogens is 2. The van der Waals surface area contributed by atoms with Gasteiger partial charge in [-0.2, -0.15) is 0 Å². The summed E-state index contributed by atoms with van der Waals surface area (Å²) in [5, 5.41) is 0. The van der Waals surface area contributed by atoms with E-state index in [9.17, 15) is 0 Å². The van der Waals surface area contributed by atoms with Crippen molar-refractivity contribution in [3.8, 4) is 23.0 Å². The highest BCUT2D eigenvalue weighted by Crippen LogP contribution is 2.35. The number of ether oxygens (including phenoxy) is 3. The topological polar surface area (TPSA) is 27.7 Å². The van der Waals surface area contributed by atoms with Crippen LogP contribution in [0.25, 0.3) is 0 Å². The standard InChI is InChI=1S/C14H12Br2O3/c1-17-10-6-11(18-2)8-12(7-10)19-14-4-3-9(15)5-13(14)16/h3-8H,1-2H3. The van der Waals surface area contributed by atoms with Crippen LogP contribution in [0, 0.1) is 0 Å². The maximum Gasteiger partial charge on any atom is 0.141 e. The summed E-state index contributed by atoms with van der Waals surface area (Å²) in [6.07, 6.45) is 0. The van der Waals surface area contributed by atoms with Crippen LogP contribution in [0.3, 0.4) is 0 Å². The molecule has 5 heteroatoms. The molecule has 0 N–H and O–H groups in total. The summed E-state index contributed by atoms with van der Waals surface area (Å²) < 4.78 is 18.1. The monoisotopic (exact) mass is 386 g/mol. The van der Waals surface area contributed by atoms with E-state index in [0.29, 0.717) is 17.2 Å². The maximum absolute atomic E-state index is 5.82. The van der Waals surface area contributed by atoms with Gasteiger partial charge in [-0.05, 0) is 34.1 Å². The Morgan fingerprint density at radius 2 is 1.37 bits per heavy atom. The van der Waals surface area contributed by atoms with Crippen LogP contribution in [0.2, 0.25) is 0 Å². The van der Waals surface area contributed by atoms with Crippen LogP contribution in [-0.2, 0) is 0 Å². The van der Waals surface area contributed by atoms with E-state index >= 15 is 0 Å². The van der Waals surface area contributed by atoms with Crippen molar-refractivity contribution in [2.45, 2.75) is 0 Å². The van der Waals surface area contributed by atoms with Crippen LogP contribution in [0.4, 0.5) is 0 Å². The van der Waals surface area contributed by atoms with Crippen molar-refractivity contribution in [3.05, 3.63) is 45.3 Å². The van der Waals surface area contributed by atoms with Crippen molar-refractivity contribution < 1.29 is 14.2 Å². The Morgan fingerprint density at radius 1 is 0.789 bits per heavy atom. The summed E-state index contributed by atoms with van der Waals surface area (Å²) >= 11 is 6.86. The van der Waals surface area contributed by atoms with E-state index in [1.807, 2.05) is 18.2 Å². The van der Waals surface area contributed by atoms with Gasteiger partial charge in [-0.25, -0.2) is 0 Å². The molecule has 0 atom stereocenters. The lowest BCUT2D eigenvalue weighted by Gasteiger charge is -2.11. The Morgan fingerprint density at radius 3 is 1.89 bits per heavy atom. The van der Waals surface area contributed by atoms with E-state index in [1.54, 1.807) is 32.4 Å². The summed E-state index contributed by atoms with van der Waals surface area (Å²) in [4.78, 5) is 0. The molecule has 3 nitrogen and oxygen atoms in total. The largest absolute Gasteiger partial charge is 0.496 e. The molecule has 0 aliphatic carbocycles. The molecule has 0 amide bonds. The number of rotatable bonds is 4. The third-order valence-electron chi connectivity index (χ3n) is 2.45. The molecule has 0 saturated heterocycles. The van der Waals surface area contributed by atoms with Gasteiger partial charge in [0.05, 0.1) is 18.7 Å². The molecule has 0 spiro atoms. The minimum Gasteiger partial charge on any atom is -0.496 e. The zero-order chi connectivity index (χ0) is 13.8. The highest BCUT2D eigenvalue weighted by molar-refractivity contribution is 9.11. The van der Waals surface area contributed by atoms with Crippen LogP contribution in [-0.4, -0.2) is 14.2 Å². The van der Waals surface area contributed by atoms with Crippen molar-refractivity contribution in [3.63, 3.8) is 0 Å². The highest BCUT2D eigenvalue weighted by Gasteiger charge is 2.07. The van der Waals surface area contributed by atoms with Crippen LogP contribution >= 0.6 is 31.9 Å². The summed E-state index contributed by atoms with van der Waals surface area (Å²) in [5.74, 6) is 2.74.